The van der Waals surface area contributed by atoms with Crippen molar-refractivity contribution in [2.75, 3.05) is 19.8 Å². The molecule has 2 heterocycles. The summed E-state index contributed by atoms with van der Waals surface area (Å²) in [6.07, 6.45) is -11.5. The predicted octanol–water partition coefficient (Wildman–Crippen LogP) is -5.36. The average molecular weight is 392 g/mol. The fourth-order valence-corrected chi connectivity index (χ4v) is 2.86. The molecule has 25 heavy (non-hydrogen) atoms. The number of rotatable bonds is 5. The van der Waals surface area contributed by atoms with Crippen LogP contribution in [0.2, 0.25) is 0 Å². The standard InChI is InChI=1S/C13H25NO10.ClH/c15-1-4-7(17)10(20)8(18)5(14-4)3-23-13-12(22)11(21)9(19)6(2-16)24-13;/h4-22H,1-3H2;1H/t4-,5-,6-,7-,8+,9-,10+,11+,12-,13-;/m1./s1. The van der Waals surface area contributed by atoms with Crippen molar-refractivity contribution < 1.29 is 50.3 Å². The van der Waals surface area contributed by atoms with Gasteiger partial charge in [-0.25, -0.2) is 0 Å². The van der Waals surface area contributed by atoms with E-state index in [0.29, 0.717) is 0 Å². The van der Waals surface area contributed by atoms with Gasteiger partial charge in [-0.2, -0.15) is 0 Å². The van der Waals surface area contributed by atoms with Crippen molar-refractivity contribution in [1.82, 2.24) is 5.32 Å². The molecule has 0 radical (unpaired) electrons. The number of piperidine rings is 1. The lowest BCUT2D eigenvalue weighted by atomic mass is 9.91. The smallest absolute Gasteiger partial charge is 0.186 e. The van der Waals surface area contributed by atoms with Crippen LogP contribution in [0.4, 0.5) is 0 Å². The summed E-state index contributed by atoms with van der Waals surface area (Å²) < 4.78 is 10.4. The third-order valence-corrected chi connectivity index (χ3v) is 4.44. The van der Waals surface area contributed by atoms with Gasteiger partial charge in [0.1, 0.15) is 30.5 Å². The molecule has 11 nitrogen and oxygen atoms in total. The number of aliphatic hydroxyl groups is 8. The highest BCUT2D eigenvalue weighted by Crippen LogP contribution is 2.23. The first-order chi connectivity index (χ1) is 11.3. The van der Waals surface area contributed by atoms with Crippen molar-refractivity contribution in [2.45, 2.75) is 61.1 Å². The van der Waals surface area contributed by atoms with Crippen LogP contribution in [0.1, 0.15) is 0 Å². The van der Waals surface area contributed by atoms with Gasteiger partial charge >= 0.3 is 0 Å². The third kappa shape index (κ3) is 4.77. The molecule has 0 aromatic rings. The molecule has 0 aromatic heterocycles. The van der Waals surface area contributed by atoms with Crippen molar-refractivity contribution in [2.24, 2.45) is 0 Å². The third-order valence-electron chi connectivity index (χ3n) is 4.44. The second-order valence-corrected chi connectivity index (χ2v) is 6.06. The van der Waals surface area contributed by atoms with Crippen LogP contribution in [0.15, 0.2) is 0 Å². The molecule has 0 saturated carbocycles. The van der Waals surface area contributed by atoms with Crippen LogP contribution in [-0.2, 0) is 9.47 Å². The molecule has 12 heteroatoms. The fourth-order valence-electron chi connectivity index (χ4n) is 2.86. The predicted molar refractivity (Wildman–Crippen MR) is 82.8 cm³/mol. The topological polar surface area (TPSA) is 192 Å². The van der Waals surface area contributed by atoms with E-state index >= 15 is 0 Å². The Kier molecular flexibility index (Phi) is 8.87. The molecule has 0 bridgehead atoms. The lowest BCUT2D eigenvalue weighted by Crippen LogP contribution is -2.67. The van der Waals surface area contributed by atoms with E-state index in [1.807, 2.05) is 0 Å². The van der Waals surface area contributed by atoms with Crippen LogP contribution >= 0.6 is 12.4 Å². The van der Waals surface area contributed by atoms with Gasteiger partial charge in [0, 0.05) is 0 Å². The van der Waals surface area contributed by atoms with Crippen molar-refractivity contribution in [3.8, 4) is 0 Å². The minimum absolute atomic E-state index is 0. The molecular formula is C13H26ClNO10. The number of hydrogen-bond donors (Lipinski definition) is 9. The van der Waals surface area contributed by atoms with Crippen LogP contribution in [0.3, 0.4) is 0 Å². The van der Waals surface area contributed by atoms with Gasteiger partial charge in [0.05, 0.1) is 44.1 Å². The molecule has 0 spiro atoms. The van der Waals surface area contributed by atoms with Crippen molar-refractivity contribution in [3.63, 3.8) is 0 Å². The van der Waals surface area contributed by atoms with Gasteiger partial charge in [0.2, 0.25) is 0 Å². The van der Waals surface area contributed by atoms with Gasteiger partial charge in [-0.3, -0.25) is 0 Å². The zero-order chi connectivity index (χ0) is 18.0. The summed E-state index contributed by atoms with van der Waals surface area (Å²) in [5.41, 5.74) is 0. The highest BCUT2D eigenvalue weighted by molar-refractivity contribution is 5.85. The first kappa shape index (κ1) is 22.9. The normalized spacial score (nSPS) is 48.0. The van der Waals surface area contributed by atoms with Gasteiger partial charge in [-0.05, 0) is 0 Å². The number of halogens is 1. The van der Waals surface area contributed by atoms with Crippen molar-refractivity contribution >= 4 is 12.4 Å². The van der Waals surface area contributed by atoms with E-state index in [4.69, 9.17) is 19.7 Å². The quantitative estimate of drug-likeness (QED) is 0.217. The van der Waals surface area contributed by atoms with Gasteiger partial charge in [-0.1, -0.05) is 0 Å². The van der Waals surface area contributed by atoms with Crippen molar-refractivity contribution in [3.05, 3.63) is 0 Å². The molecule has 2 saturated heterocycles. The maximum atomic E-state index is 9.94. The summed E-state index contributed by atoms with van der Waals surface area (Å²) in [5.74, 6) is 0. The van der Waals surface area contributed by atoms with Gasteiger partial charge in [-0.15, -0.1) is 12.4 Å². The minimum Gasteiger partial charge on any atom is -0.395 e. The molecule has 2 rings (SSSR count). The van der Waals surface area contributed by atoms with E-state index in [-0.39, 0.29) is 19.0 Å². The van der Waals surface area contributed by atoms with E-state index in [0.717, 1.165) is 0 Å². The van der Waals surface area contributed by atoms with E-state index in [9.17, 15) is 30.6 Å². The highest BCUT2D eigenvalue weighted by Gasteiger charge is 2.46. The maximum absolute atomic E-state index is 9.94. The van der Waals surface area contributed by atoms with Crippen LogP contribution in [-0.4, -0.2) is 122 Å². The van der Waals surface area contributed by atoms with Gasteiger partial charge in [0.15, 0.2) is 6.29 Å². The van der Waals surface area contributed by atoms with Crippen LogP contribution in [0, 0.1) is 0 Å². The summed E-state index contributed by atoms with van der Waals surface area (Å²) in [6.45, 7) is -1.39. The summed E-state index contributed by atoms with van der Waals surface area (Å²) in [7, 11) is 0. The Hall–Kier alpha value is -0.150. The lowest BCUT2D eigenvalue weighted by molar-refractivity contribution is -0.304. The molecule has 150 valence electrons. The lowest BCUT2D eigenvalue weighted by Gasteiger charge is -2.43. The van der Waals surface area contributed by atoms with Gasteiger partial charge in [0.25, 0.3) is 0 Å². The fraction of sp³-hybridized carbons (Fsp3) is 1.00. The molecule has 2 aliphatic rings. The van der Waals surface area contributed by atoms with E-state index in [1.165, 1.54) is 0 Å². The van der Waals surface area contributed by atoms with Crippen LogP contribution in [0.5, 0.6) is 0 Å². The van der Waals surface area contributed by atoms with Crippen LogP contribution in [0.25, 0.3) is 0 Å². The second-order valence-electron chi connectivity index (χ2n) is 6.06. The van der Waals surface area contributed by atoms with Crippen molar-refractivity contribution in [1.29, 1.82) is 0 Å². The molecule has 0 unspecified atom stereocenters. The second kappa shape index (κ2) is 9.69. The number of nitrogens with one attached hydrogen (secondary N) is 1. The van der Waals surface area contributed by atoms with E-state index in [1.54, 1.807) is 0 Å². The molecule has 9 N–H and O–H groups in total. The summed E-state index contributed by atoms with van der Waals surface area (Å²) in [5, 5.41) is 79.6. The Morgan fingerprint density at radius 2 is 1.28 bits per heavy atom. The molecule has 0 aliphatic carbocycles. The SMILES string of the molecule is Cl.OC[C@H]1N[C@H](CO[C@@H]2O[C@H](CO)[C@@H](O)[C@H](O)[C@H]2O)[C@H](O)[C@@H](O)[C@@H]1O. The highest BCUT2D eigenvalue weighted by atomic mass is 35.5. The first-order valence-electron chi connectivity index (χ1n) is 7.65. The zero-order valence-electron chi connectivity index (χ0n) is 13.2. The number of hydrogen-bond acceptors (Lipinski definition) is 11. The summed E-state index contributed by atoms with van der Waals surface area (Å²) in [4.78, 5) is 0. The molecular weight excluding hydrogens is 366 g/mol. The molecule has 2 fully saturated rings. The molecule has 10 atom stereocenters. The Morgan fingerprint density at radius 3 is 1.84 bits per heavy atom. The van der Waals surface area contributed by atoms with E-state index in [2.05, 4.69) is 5.32 Å². The maximum Gasteiger partial charge on any atom is 0.186 e. The monoisotopic (exact) mass is 391 g/mol. The Balaban J connectivity index is 0.00000312. The Morgan fingerprint density at radius 1 is 0.720 bits per heavy atom. The Labute approximate surface area is 149 Å². The zero-order valence-corrected chi connectivity index (χ0v) is 14.0. The van der Waals surface area contributed by atoms with E-state index < -0.39 is 74.3 Å². The largest absolute Gasteiger partial charge is 0.395 e. The Bertz CT molecular complexity index is 367. The molecule has 2 aliphatic heterocycles. The molecule has 0 aromatic carbocycles. The minimum atomic E-state index is -1.59. The summed E-state index contributed by atoms with van der Waals surface area (Å²) in [6, 6.07) is -1.78. The first-order valence-corrected chi connectivity index (χ1v) is 7.65. The average Bonchev–Trinajstić information content (AvgIpc) is 2.58. The molecule has 0 amide bonds. The number of aliphatic hydroxyl groups excluding tert-OH is 8. The van der Waals surface area contributed by atoms with Crippen LogP contribution < -0.4 is 5.32 Å². The van der Waals surface area contributed by atoms with Gasteiger partial charge < -0.3 is 55.6 Å². The summed E-state index contributed by atoms with van der Waals surface area (Å²) >= 11 is 0. The number of ether oxygens (including phenoxy) is 2.